The fraction of sp³-hybridized carbons (Fsp3) is 0.280. The van der Waals surface area contributed by atoms with E-state index < -0.39 is 0 Å². The Balaban J connectivity index is 1.61. The zero-order valence-corrected chi connectivity index (χ0v) is 18.9. The summed E-state index contributed by atoms with van der Waals surface area (Å²) in [5.74, 6) is 2.92. The van der Waals surface area contributed by atoms with E-state index in [-0.39, 0.29) is 0 Å². The molecule has 6 heteroatoms. The summed E-state index contributed by atoms with van der Waals surface area (Å²) >= 11 is 6.08. The van der Waals surface area contributed by atoms with E-state index in [1.54, 1.807) is 21.3 Å². The highest BCUT2D eigenvalue weighted by Crippen LogP contribution is 2.32. The molecule has 0 fully saturated rings. The highest BCUT2D eigenvalue weighted by atomic mass is 35.5. The first-order valence-electron chi connectivity index (χ1n) is 10.1. The quantitative estimate of drug-likeness (QED) is 0.410. The fourth-order valence-electron chi connectivity index (χ4n) is 3.30. The first-order valence-corrected chi connectivity index (χ1v) is 10.5. The molecule has 0 radical (unpaired) electrons. The van der Waals surface area contributed by atoms with Gasteiger partial charge in [0.1, 0.15) is 6.61 Å². The first-order chi connectivity index (χ1) is 15.1. The van der Waals surface area contributed by atoms with E-state index in [0.717, 1.165) is 41.3 Å². The zero-order chi connectivity index (χ0) is 22.1. The summed E-state index contributed by atoms with van der Waals surface area (Å²) in [6.07, 6.45) is 0.864. The molecule has 3 aromatic rings. The molecule has 0 aliphatic heterocycles. The maximum atomic E-state index is 6.12. The Hall–Kier alpha value is -2.89. The number of hydrogen-bond donors (Lipinski definition) is 1. The van der Waals surface area contributed by atoms with Gasteiger partial charge in [0.05, 0.1) is 21.3 Å². The zero-order valence-electron chi connectivity index (χ0n) is 18.1. The number of ether oxygens (including phenoxy) is 4. The van der Waals surface area contributed by atoms with Crippen LogP contribution in [0, 0.1) is 0 Å². The standard InChI is InChI=1S/C25H28ClNO4/c1-28-22-11-10-18(15-24(22)30-3)12-13-27-16-20-7-5-9-23(29-2)25(20)31-17-19-6-4-8-21(26)14-19/h4-11,14-15,27H,12-13,16-17H2,1-3H3. The van der Waals surface area contributed by atoms with Gasteiger partial charge in [-0.2, -0.15) is 0 Å². The van der Waals surface area contributed by atoms with Crippen molar-refractivity contribution in [2.75, 3.05) is 27.9 Å². The van der Waals surface area contributed by atoms with Gasteiger partial charge in [-0.3, -0.25) is 0 Å². The molecule has 0 unspecified atom stereocenters. The van der Waals surface area contributed by atoms with Crippen molar-refractivity contribution in [3.05, 3.63) is 82.4 Å². The molecule has 0 saturated heterocycles. The minimum atomic E-state index is 0.416. The third kappa shape index (κ3) is 6.29. The van der Waals surface area contributed by atoms with E-state index in [2.05, 4.69) is 5.32 Å². The molecule has 0 aliphatic carbocycles. The van der Waals surface area contributed by atoms with Crippen molar-refractivity contribution >= 4 is 11.6 Å². The summed E-state index contributed by atoms with van der Waals surface area (Å²) in [6.45, 7) is 1.88. The van der Waals surface area contributed by atoms with Gasteiger partial charge in [-0.05, 0) is 54.4 Å². The average Bonchev–Trinajstić information content (AvgIpc) is 2.80. The van der Waals surface area contributed by atoms with Crippen LogP contribution in [0.4, 0.5) is 0 Å². The third-order valence-electron chi connectivity index (χ3n) is 4.91. The second-order valence-electron chi connectivity index (χ2n) is 6.98. The summed E-state index contributed by atoms with van der Waals surface area (Å²) in [4.78, 5) is 0. The van der Waals surface area contributed by atoms with Gasteiger partial charge in [-0.1, -0.05) is 41.9 Å². The highest BCUT2D eigenvalue weighted by molar-refractivity contribution is 6.30. The monoisotopic (exact) mass is 441 g/mol. The van der Waals surface area contributed by atoms with Gasteiger partial charge in [-0.15, -0.1) is 0 Å². The molecule has 0 saturated carbocycles. The molecule has 0 bridgehead atoms. The fourth-order valence-corrected chi connectivity index (χ4v) is 3.51. The topological polar surface area (TPSA) is 49.0 Å². The largest absolute Gasteiger partial charge is 0.493 e. The molecule has 3 rings (SSSR count). The van der Waals surface area contributed by atoms with Crippen LogP contribution in [0.1, 0.15) is 16.7 Å². The lowest BCUT2D eigenvalue weighted by molar-refractivity contribution is 0.280. The van der Waals surface area contributed by atoms with E-state index in [9.17, 15) is 0 Å². The van der Waals surface area contributed by atoms with Gasteiger partial charge in [0.2, 0.25) is 0 Å². The van der Waals surface area contributed by atoms with Gasteiger partial charge in [0, 0.05) is 17.1 Å². The number of rotatable bonds is 11. The van der Waals surface area contributed by atoms with Gasteiger partial charge >= 0.3 is 0 Å². The molecule has 1 N–H and O–H groups in total. The summed E-state index contributed by atoms with van der Waals surface area (Å²) in [5, 5.41) is 4.18. The Labute approximate surface area is 188 Å². The first kappa shape index (κ1) is 22.8. The molecule has 0 aromatic heterocycles. The summed E-state index contributed by atoms with van der Waals surface area (Å²) in [7, 11) is 4.93. The van der Waals surface area contributed by atoms with Crippen LogP contribution >= 0.6 is 11.6 Å². The number of hydrogen-bond acceptors (Lipinski definition) is 5. The Kier molecular flexibility index (Phi) is 8.44. The minimum Gasteiger partial charge on any atom is -0.493 e. The molecule has 3 aromatic carbocycles. The predicted octanol–water partition coefficient (Wildman–Crippen LogP) is 5.28. The van der Waals surface area contributed by atoms with Gasteiger partial charge in [-0.25, -0.2) is 0 Å². The SMILES string of the molecule is COc1ccc(CCNCc2cccc(OC)c2OCc2cccc(Cl)c2)cc1OC. The predicted molar refractivity (Wildman–Crippen MR) is 124 cm³/mol. The third-order valence-corrected chi connectivity index (χ3v) is 5.14. The maximum Gasteiger partial charge on any atom is 0.166 e. The molecule has 0 atom stereocenters. The van der Waals surface area contributed by atoms with Crippen LogP contribution in [0.5, 0.6) is 23.0 Å². The Morgan fingerprint density at radius 1 is 0.774 bits per heavy atom. The summed E-state index contributed by atoms with van der Waals surface area (Å²) in [5.41, 5.74) is 3.22. The lowest BCUT2D eigenvalue weighted by Crippen LogP contribution is -2.17. The van der Waals surface area contributed by atoms with E-state index in [1.807, 2.05) is 60.7 Å². The molecule has 0 amide bonds. The Morgan fingerprint density at radius 3 is 2.29 bits per heavy atom. The Morgan fingerprint density at radius 2 is 1.55 bits per heavy atom. The number of nitrogens with one attached hydrogen (secondary N) is 1. The van der Waals surface area contributed by atoms with Crippen LogP contribution in [0.25, 0.3) is 0 Å². The molecular formula is C25H28ClNO4. The van der Waals surface area contributed by atoms with Crippen molar-refractivity contribution in [1.29, 1.82) is 0 Å². The van der Waals surface area contributed by atoms with Crippen molar-refractivity contribution in [3.63, 3.8) is 0 Å². The summed E-state index contributed by atoms with van der Waals surface area (Å²) < 4.78 is 22.3. The molecule has 0 aliphatic rings. The smallest absolute Gasteiger partial charge is 0.166 e. The lowest BCUT2D eigenvalue weighted by Gasteiger charge is -2.16. The van der Waals surface area contributed by atoms with Gasteiger partial charge < -0.3 is 24.3 Å². The highest BCUT2D eigenvalue weighted by Gasteiger charge is 2.11. The molecule has 164 valence electrons. The van der Waals surface area contributed by atoms with E-state index >= 15 is 0 Å². The number of para-hydroxylation sites is 1. The number of benzene rings is 3. The average molecular weight is 442 g/mol. The minimum absolute atomic E-state index is 0.416. The molecule has 0 heterocycles. The summed E-state index contributed by atoms with van der Waals surface area (Å²) in [6, 6.07) is 19.6. The van der Waals surface area contributed by atoms with Crippen LogP contribution in [-0.2, 0) is 19.6 Å². The van der Waals surface area contributed by atoms with Gasteiger partial charge in [0.25, 0.3) is 0 Å². The van der Waals surface area contributed by atoms with E-state index in [1.165, 1.54) is 5.56 Å². The van der Waals surface area contributed by atoms with E-state index in [4.69, 9.17) is 30.5 Å². The second-order valence-corrected chi connectivity index (χ2v) is 7.42. The van der Waals surface area contributed by atoms with Crippen molar-refractivity contribution in [1.82, 2.24) is 5.32 Å². The van der Waals surface area contributed by atoms with Crippen molar-refractivity contribution < 1.29 is 18.9 Å². The van der Waals surface area contributed by atoms with Crippen molar-refractivity contribution in [3.8, 4) is 23.0 Å². The van der Waals surface area contributed by atoms with Crippen LogP contribution in [0.3, 0.4) is 0 Å². The molecule has 0 spiro atoms. The van der Waals surface area contributed by atoms with Crippen LogP contribution in [-0.4, -0.2) is 27.9 Å². The molecular weight excluding hydrogens is 414 g/mol. The Bertz CT molecular complexity index is 993. The second kappa shape index (κ2) is 11.5. The van der Waals surface area contributed by atoms with Crippen molar-refractivity contribution in [2.24, 2.45) is 0 Å². The normalized spacial score (nSPS) is 10.6. The van der Waals surface area contributed by atoms with Crippen LogP contribution < -0.4 is 24.3 Å². The van der Waals surface area contributed by atoms with Crippen molar-refractivity contribution in [2.45, 2.75) is 19.6 Å². The number of methoxy groups -OCH3 is 3. The molecule has 5 nitrogen and oxygen atoms in total. The van der Waals surface area contributed by atoms with Crippen LogP contribution in [0.2, 0.25) is 5.02 Å². The maximum absolute atomic E-state index is 6.12. The molecule has 31 heavy (non-hydrogen) atoms. The number of halogens is 1. The van der Waals surface area contributed by atoms with Gasteiger partial charge in [0.15, 0.2) is 23.0 Å². The van der Waals surface area contributed by atoms with E-state index in [0.29, 0.717) is 23.9 Å². The van der Waals surface area contributed by atoms with Crippen LogP contribution in [0.15, 0.2) is 60.7 Å². The lowest BCUT2D eigenvalue weighted by atomic mass is 10.1.